The Kier molecular flexibility index (Phi) is 7.06. The van der Waals surface area contributed by atoms with Gasteiger partial charge in [-0.15, -0.1) is 6.58 Å². The number of carbonyl (C=O) groups is 2. The quantitative estimate of drug-likeness (QED) is 0.373. The molecule has 5 nitrogen and oxygen atoms in total. The van der Waals surface area contributed by atoms with Crippen LogP contribution in [0.3, 0.4) is 0 Å². The molecule has 2 atom stereocenters. The molecule has 29 heavy (non-hydrogen) atoms. The van der Waals surface area contributed by atoms with Crippen LogP contribution in [0, 0.1) is 28.1 Å². The summed E-state index contributed by atoms with van der Waals surface area (Å²) in [4.78, 5) is 23.2. The predicted molar refractivity (Wildman–Crippen MR) is 109 cm³/mol. The molecule has 0 heterocycles. The van der Waals surface area contributed by atoms with Crippen LogP contribution >= 0.6 is 0 Å². The van der Waals surface area contributed by atoms with Gasteiger partial charge in [0.05, 0.1) is 12.1 Å². The SMILES string of the molecule is C=CC(c1ccccc1)C(C#N)(C#N)C(CC(C)=O)c1ccc(OC(C)=O)cc1. The van der Waals surface area contributed by atoms with Crippen molar-refractivity contribution in [3.63, 3.8) is 0 Å². The summed E-state index contributed by atoms with van der Waals surface area (Å²) in [6.07, 6.45) is 1.60. The van der Waals surface area contributed by atoms with E-state index in [1.165, 1.54) is 13.8 Å². The van der Waals surface area contributed by atoms with Gasteiger partial charge in [-0.25, -0.2) is 0 Å². The minimum absolute atomic E-state index is 0.0191. The topological polar surface area (TPSA) is 91.0 Å². The number of hydrogen-bond donors (Lipinski definition) is 0. The highest BCUT2D eigenvalue weighted by Gasteiger charge is 2.47. The van der Waals surface area contributed by atoms with Crippen molar-refractivity contribution in [2.45, 2.75) is 32.1 Å². The molecule has 0 spiro atoms. The monoisotopic (exact) mass is 386 g/mol. The molecule has 2 aromatic carbocycles. The summed E-state index contributed by atoms with van der Waals surface area (Å²) < 4.78 is 5.05. The molecule has 0 aliphatic rings. The molecule has 0 N–H and O–H groups in total. The molecule has 0 aliphatic carbocycles. The highest BCUT2D eigenvalue weighted by atomic mass is 16.5. The summed E-state index contributed by atoms with van der Waals surface area (Å²) in [6.45, 7) is 6.60. The van der Waals surface area contributed by atoms with Gasteiger partial charge in [0.15, 0.2) is 5.41 Å². The lowest BCUT2D eigenvalue weighted by Gasteiger charge is -2.35. The van der Waals surface area contributed by atoms with E-state index >= 15 is 0 Å². The van der Waals surface area contributed by atoms with E-state index in [9.17, 15) is 20.1 Å². The van der Waals surface area contributed by atoms with Crippen LogP contribution in [-0.4, -0.2) is 11.8 Å². The van der Waals surface area contributed by atoms with Crippen LogP contribution in [-0.2, 0) is 9.59 Å². The third kappa shape index (κ3) is 4.78. The summed E-state index contributed by atoms with van der Waals surface area (Å²) in [7, 11) is 0. The smallest absolute Gasteiger partial charge is 0.308 e. The van der Waals surface area contributed by atoms with E-state index in [4.69, 9.17) is 4.74 Å². The summed E-state index contributed by atoms with van der Waals surface area (Å²) in [5, 5.41) is 20.3. The summed E-state index contributed by atoms with van der Waals surface area (Å²) >= 11 is 0. The van der Waals surface area contributed by atoms with Gasteiger partial charge in [0, 0.05) is 25.2 Å². The number of esters is 1. The van der Waals surface area contributed by atoms with Gasteiger partial charge in [0.2, 0.25) is 0 Å². The van der Waals surface area contributed by atoms with Crippen molar-refractivity contribution in [3.8, 4) is 17.9 Å². The van der Waals surface area contributed by atoms with Crippen LogP contribution in [0.15, 0.2) is 67.3 Å². The number of benzene rings is 2. The Morgan fingerprint density at radius 1 is 1.03 bits per heavy atom. The average molecular weight is 386 g/mol. The minimum atomic E-state index is -1.54. The van der Waals surface area contributed by atoms with E-state index in [1.54, 1.807) is 30.3 Å². The lowest BCUT2D eigenvalue weighted by atomic mass is 9.62. The molecule has 2 unspecified atom stereocenters. The number of rotatable bonds is 8. The second-order valence-corrected chi connectivity index (χ2v) is 6.84. The van der Waals surface area contributed by atoms with Crippen LogP contribution in [0.2, 0.25) is 0 Å². The zero-order valence-corrected chi connectivity index (χ0v) is 16.5. The van der Waals surface area contributed by atoms with E-state index < -0.39 is 23.2 Å². The number of allylic oxidation sites excluding steroid dienone is 1. The second kappa shape index (κ2) is 9.48. The Morgan fingerprint density at radius 3 is 2.07 bits per heavy atom. The van der Waals surface area contributed by atoms with Gasteiger partial charge < -0.3 is 9.53 Å². The third-order valence-electron chi connectivity index (χ3n) is 4.84. The van der Waals surface area contributed by atoms with Gasteiger partial charge in [-0.05, 0) is 30.2 Å². The molecular formula is C24H22N2O3. The fourth-order valence-electron chi connectivity index (χ4n) is 3.55. The van der Waals surface area contributed by atoms with Crippen LogP contribution in [0.25, 0.3) is 0 Å². The molecule has 2 rings (SSSR count). The van der Waals surface area contributed by atoms with Crippen molar-refractivity contribution in [1.82, 2.24) is 0 Å². The van der Waals surface area contributed by atoms with E-state index in [1.807, 2.05) is 30.3 Å². The van der Waals surface area contributed by atoms with Gasteiger partial charge in [0.25, 0.3) is 0 Å². The molecule has 0 aromatic heterocycles. The lowest BCUT2D eigenvalue weighted by Crippen LogP contribution is -2.33. The summed E-state index contributed by atoms with van der Waals surface area (Å²) in [6, 6.07) is 20.1. The summed E-state index contributed by atoms with van der Waals surface area (Å²) in [5.41, 5.74) is -0.129. The van der Waals surface area contributed by atoms with Crippen molar-refractivity contribution in [2.75, 3.05) is 0 Å². The third-order valence-corrected chi connectivity index (χ3v) is 4.84. The van der Waals surface area contributed by atoms with E-state index in [0.29, 0.717) is 11.3 Å². The Morgan fingerprint density at radius 2 is 1.62 bits per heavy atom. The molecule has 146 valence electrons. The van der Waals surface area contributed by atoms with Gasteiger partial charge in [-0.3, -0.25) is 4.79 Å². The number of nitriles is 2. The van der Waals surface area contributed by atoms with Crippen LogP contribution < -0.4 is 4.74 Å². The zero-order valence-electron chi connectivity index (χ0n) is 16.5. The average Bonchev–Trinajstić information content (AvgIpc) is 2.71. The van der Waals surface area contributed by atoms with Gasteiger partial charge in [-0.1, -0.05) is 48.5 Å². The first-order valence-electron chi connectivity index (χ1n) is 9.15. The van der Waals surface area contributed by atoms with Crippen molar-refractivity contribution in [2.24, 2.45) is 5.41 Å². The number of ketones is 1. The number of carbonyl (C=O) groups excluding carboxylic acids is 2. The first-order chi connectivity index (χ1) is 13.9. The van der Waals surface area contributed by atoms with Gasteiger partial charge in [0.1, 0.15) is 11.5 Å². The lowest BCUT2D eigenvalue weighted by molar-refractivity contribution is -0.131. The maximum atomic E-state index is 12.1. The van der Waals surface area contributed by atoms with Gasteiger partial charge in [-0.2, -0.15) is 10.5 Å². The number of nitrogens with zero attached hydrogens (tertiary/aromatic N) is 2. The molecule has 0 saturated heterocycles. The van der Waals surface area contributed by atoms with E-state index in [0.717, 1.165) is 5.56 Å². The molecule has 2 aromatic rings. The number of Topliss-reactive ketones (excluding diaryl/α,β-unsaturated/α-hetero) is 1. The number of ether oxygens (including phenoxy) is 1. The minimum Gasteiger partial charge on any atom is -0.427 e. The van der Waals surface area contributed by atoms with Crippen LogP contribution in [0.4, 0.5) is 0 Å². The molecule has 0 aliphatic heterocycles. The molecule has 0 bridgehead atoms. The molecule has 0 fully saturated rings. The molecule has 5 heteroatoms. The van der Waals surface area contributed by atoms with Crippen LogP contribution in [0.1, 0.15) is 43.2 Å². The zero-order chi connectivity index (χ0) is 21.4. The Bertz CT molecular complexity index is 952. The Labute approximate surface area is 170 Å². The predicted octanol–water partition coefficient (Wildman–Crippen LogP) is 4.68. The van der Waals surface area contributed by atoms with E-state index in [-0.39, 0.29) is 12.2 Å². The molecule has 0 amide bonds. The Balaban J connectivity index is 2.61. The maximum Gasteiger partial charge on any atom is 0.308 e. The first-order valence-corrected chi connectivity index (χ1v) is 9.15. The highest BCUT2D eigenvalue weighted by molar-refractivity contribution is 5.77. The van der Waals surface area contributed by atoms with E-state index in [2.05, 4.69) is 18.7 Å². The second-order valence-electron chi connectivity index (χ2n) is 6.84. The standard InChI is InChI=1S/C24H22N2O3/c1-4-22(19-8-6-5-7-9-19)24(15-25,16-26)23(14-17(2)27)20-10-12-21(13-11-20)29-18(3)28/h4-13,22-23H,1,14H2,2-3H3. The fourth-order valence-corrected chi connectivity index (χ4v) is 3.55. The normalized spacial score (nSPS) is 12.7. The van der Waals surface area contributed by atoms with Gasteiger partial charge >= 0.3 is 5.97 Å². The fraction of sp³-hybridized carbons (Fsp3) is 0.250. The van der Waals surface area contributed by atoms with Crippen molar-refractivity contribution >= 4 is 11.8 Å². The molecular weight excluding hydrogens is 364 g/mol. The van der Waals surface area contributed by atoms with Crippen molar-refractivity contribution < 1.29 is 14.3 Å². The maximum absolute atomic E-state index is 12.1. The largest absolute Gasteiger partial charge is 0.427 e. The summed E-state index contributed by atoms with van der Waals surface area (Å²) in [5.74, 6) is -1.52. The highest BCUT2D eigenvalue weighted by Crippen LogP contribution is 2.49. The van der Waals surface area contributed by atoms with Crippen molar-refractivity contribution in [3.05, 3.63) is 78.4 Å². The molecule has 0 radical (unpaired) electrons. The molecule has 0 saturated carbocycles. The Hall–Kier alpha value is -3.70. The number of hydrogen-bond acceptors (Lipinski definition) is 5. The van der Waals surface area contributed by atoms with Crippen LogP contribution in [0.5, 0.6) is 5.75 Å². The van der Waals surface area contributed by atoms with Crippen molar-refractivity contribution in [1.29, 1.82) is 10.5 Å². The first kappa shape index (κ1) is 21.6.